The van der Waals surface area contributed by atoms with Crippen LogP contribution in [0.4, 0.5) is 0 Å². The molecular formula is C9H22ClN3O2S. The molecule has 0 saturated carbocycles. The fourth-order valence-corrected chi connectivity index (χ4v) is 2.75. The molecular weight excluding hydrogens is 250 g/mol. The van der Waals surface area contributed by atoms with E-state index < -0.39 is 10.2 Å². The molecule has 0 aromatic rings. The topological polar surface area (TPSA) is 61.4 Å². The second-order valence-electron chi connectivity index (χ2n) is 4.03. The molecule has 16 heavy (non-hydrogen) atoms. The summed E-state index contributed by atoms with van der Waals surface area (Å²) in [7, 11) is -1.64. The Morgan fingerprint density at radius 3 is 2.69 bits per heavy atom. The van der Waals surface area contributed by atoms with Crippen molar-refractivity contribution in [3.63, 3.8) is 0 Å². The van der Waals surface area contributed by atoms with Crippen molar-refractivity contribution in [2.24, 2.45) is 5.92 Å². The Kier molecular flexibility index (Phi) is 7.50. The Bertz CT molecular complexity index is 278. The maximum atomic E-state index is 11.7. The van der Waals surface area contributed by atoms with Gasteiger partial charge in [0.1, 0.15) is 0 Å². The first-order valence-corrected chi connectivity index (χ1v) is 6.92. The monoisotopic (exact) mass is 271 g/mol. The van der Waals surface area contributed by atoms with Gasteiger partial charge in [-0.05, 0) is 31.8 Å². The minimum atomic E-state index is -3.25. The van der Waals surface area contributed by atoms with Crippen molar-refractivity contribution in [2.45, 2.75) is 19.8 Å². The summed E-state index contributed by atoms with van der Waals surface area (Å²) in [6.45, 7) is 4.99. The average Bonchev–Trinajstić information content (AvgIpc) is 2.68. The lowest BCUT2D eigenvalue weighted by Crippen LogP contribution is -2.41. The van der Waals surface area contributed by atoms with Gasteiger partial charge in [-0.15, -0.1) is 12.4 Å². The van der Waals surface area contributed by atoms with Crippen LogP contribution in [0, 0.1) is 5.92 Å². The van der Waals surface area contributed by atoms with E-state index in [1.165, 1.54) is 4.31 Å². The van der Waals surface area contributed by atoms with Gasteiger partial charge >= 0.3 is 0 Å². The minimum Gasteiger partial charge on any atom is -0.316 e. The van der Waals surface area contributed by atoms with Crippen molar-refractivity contribution < 1.29 is 8.42 Å². The largest absolute Gasteiger partial charge is 0.316 e. The fraction of sp³-hybridized carbons (Fsp3) is 1.00. The third kappa shape index (κ3) is 4.97. The third-order valence-electron chi connectivity index (χ3n) is 2.67. The normalized spacial score (nSPS) is 21.1. The van der Waals surface area contributed by atoms with Crippen molar-refractivity contribution in [1.82, 2.24) is 14.3 Å². The Morgan fingerprint density at radius 2 is 2.19 bits per heavy atom. The molecule has 0 radical (unpaired) electrons. The van der Waals surface area contributed by atoms with Crippen LogP contribution in [0.1, 0.15) is 19.8 Å². The molecule has 1 rings (SSSR count). The average molecular weight is 272 g/mol. The van der Waals surface area contributed by atoms with Gasteiger partial charge in [0, 0.05) is 20.1 Å². The van der Waals surface area contributed by atoms with E-state index in [0.29, 0.717) is 19.0 Å². The van der Waals surface area contributed by atoms with Crippen molar-refractivity contribution >= 4 is 22.6 Å². The highest BCUT2D eigenvalue weighted by Crippen LogP contribution is 2.06. The predicted octanol–water partition coefficient (Wildman–Crippen LogP) is 0.194. The van der Waals surface area contributed by atoms with E-state index in [-0.39, 0.29) is 12.4 Å². The molecule has 1 atom stereocenters. The summed E-state index contributed by atoms with van der Waals surface area (Å²) in [4.78, 5) is 0. The molecule has 7 heteroatoms. The second-order valence-corrected chi connectivity index (χ2v) is 5.90. The number of rotatable bonds is 6. The molecule has 0 amide bonds. The van der Waals surface area contributed by atoms with Crippen LogP contribution in [0.2, 0.25) is 0 Å². The molecule has 1 aliphatic rings. The first-order chi connectivity index (χ1) is 7.06. The zero-order valence-corrected chi connectivity index (χ0v) is 11.5. The van der Waals surface area contributed by atoms with Crippen LogP contribution in [-0.4, -0.2) is 45.9 Å². The summed E-state index contributed by atoms with van der Waals surface area (Å²) < 4.78 is 27.4. The van der Waals surface area contributed by atoms with Gasteiger partial charge < -0.3 is 5.32 Å². The number of hydrogen-bond acceptors (Lipinski definition) is 3. The van der Waals surface area contributed by atoms with Gasteiger partial charge in [0.25, 0.3) is 10.2 Å². The molecule has 0 aromatic carbocycles. The second kappa shape index (κ2) is 7.45. The molecule has 1 saturated heterocycles. The van der Waals surface area contributed by atoms with Gasteiger partial charge in [-0.1, -0.05) is 6.92 Å². The number of hydrogen-bond donors (Lipinski definition) is 2. The molecule has 0 bridgehead atoms. The SMILES string of the molecule is CCCN(C)S(=O)(=O)NCC1CCNC1.Cl. The maximum Gasteiger partial charge on any atom is 0.279 e. The van der Waals surface area contributed by atoms with E-state index >= 15 is 0 Å². The Labute approximate surface area is 105 Å². The van der Waals surface area contributed by atoms with Crippen molar-refractivity contribution in [3.05, 3.63) is 0 Å². The van der Waals surface area contributed by atoms with Gasteiger partial charge in [0.05, 0.1) is 0 Å². The molecule has 1 fully saturated rings. The van der Waals surface area contributed by atoms with Crippen LogP contribution in [0.15, 0.2) is 0 Å². The van der Waals surface area contributed by atoms with Crippen LogP contribution in [-0.2, 0) is 10.2 Å². The Morgan fingerprint density at radius 1 is 1.50 bits per heavy atom. The smallest absolute Gasteiger partial charge is 0.279 e. The van der Waals surface area contributed by atoms with Crippen molar-refractivity contribution in [2.75, 3.05) is 33.2 Å². The number of nitrogens with zero attached hydrogens (tertiary/aromatic N) is 1. The first-order valence-electron chi connectivity index (χ1n) is 5.48. The van der Waals surface area contributed by atoms with E-state index in [1.807, 2.05) is 6.92 Å². The molecule has 1 heterocycles. The Hall–Kier alpha value is 0.120. The van der Waals surface area contributed by atoms with Crippen molar-refractivity contribution in [3.8, 4) is 0 Å². The maximum absolute atomic E-state index is 11.7. The lowest BCUT2D eigenvalue weighted by atomic mass is 10.1. The van der Waals surface area contributed by atoms with Gasteiger partial charge in [-0.2, -0.15) is 12.7 Å². The van der Waals surface area contributed by atoms with Crippen LogP contribution in [0.3, 0.4) is 0 Å². The zero-order chi connectivity index (χ0) is 11.3. The van der Waals surface area contributed by atoms with Crippen LogP contribution in [0.25, 0.3) is 0 Å². The number of halogens is 1. The van der Waals surface area contributed by atoms with E-state index in [9.17, 15) is 8.42 Å². The predicted molar refractivity (Wildman–Crippen MR) is 68.1 cm³/mol. The molecule has 0 aromatic heterocycles. The molecule has 98 valence electrons. The van der Waals surface area contributed by atoms with Crippen LogP contribution >= 0.6 is 12.4 Å². The van der Waals surface area contributed by atoms with Gasteiger partial charge in [0.15, 0.2) is 0 Å². The molecule has 2 N–H and O–H groups in total. The van der Waals surface area contributed by atoms with Crippen molar-refractivity contribution in [1.29, 1.82) is 0 Å². The first kappa shape index (κ1) is 16.1. The van der Waals surface area contributed by atoms with E-state index in [1.54, 1.807) is 7.05 Å². The summed E-state index contributed by atoms with van der Waals surface area (Å²) in [6.07, 6.45) is 1.89. The highest BCUT2D eigenvalue weighted by atomic mass is 35.5. The summed E-state index contributed by atoms with van der Waals surface area (Å²) >= 11 is 0. The number of nitrogens with one attached hydrogen (secondary N) is 2. The summed E-state index contributed by atoms with van der Waals surface area (Å²) in [5.74, 6) is 0.440. The van der Waals surface area contributed by atoms with Gasteiger partial charge in [-0.3, -0.25) is 0 Å². The highest BCUT2D eigenvalue weighted by Gasteiger charge is 2.20. The summed E-state index contributed by atoms with van der Waals surface area (Å²) in [5.41, 5.74) is 0. The molecule has 0 aliphatic carbocycles. The molecule has 5 nitrogen and oxygen atoms in total. The third-order valence-corrected chi connectivity index (χ3v) is 4.20. The highest BCUT2D eigenvalue weighted by molar-refractivity contribution is 7.87. The quantitative estimate of drug-likeness (QED) is 0.725. The molecule has 1 aliphatic heterocycles. The molecule has 1 unspecified atom stereocenters. The van der Waals surface area contributed by atoms with E-state index in [0.717, 1.165) is 25.9 Å². The lowest BCUT2D eigenvalue weighted by Gasteiger charge is -2.18. The van der Waals surface area contributed by atoms with Crippen LogP contribution in [0.5, 0.6) is 0 Å². The van der Waals surface area contributed by atoms with E-state index in [2.05, 4.69) is 10.0 Å². The fourth-order valence-electron chi connectivity index (χ4n) is 1.66. The minimum absolute atomic E-state index is 0. The Balaban J connectivity index is 0.00000225. The van der Waals surface area contributed by atoms with Gasteiger partial charge in [0.2, 0.25) is 0 Å². The van der Waals surface area contributed by atoms with E-state index in [4.69, 9.17) is 0 Å². The van der Waals surface area contributed by atoms with Gasteiger partial charge in [-0.25, -0.2) is 4.72 Å². The molecule has 0 spiro atoms. The lowest BCUT2D eigenvalue weighted by molar-refractivity contribution is 0.448. The van der Waals surface area contributed by atoms with Crippen LogP contribution < -0.4 is 10.0 Å². The standard InChI is InChI=1S/C9H21N3O2S.ClH/c1-3-6-12(2)15(13,14)11-8-9-4-5-10-7-9;/h9-11H,3-8H2,1-2H3;1H. The summed E-state index contributed by atoms with van der Waals surface area (Å²) in [6, 6.07) is 0. The summed E-state index contributed by atoms with van der Waals surface area (Å²) in [5, 5.41) is 3.21. The zero-order valence-electron chi connectivity index (χ0n) is 9.90.